The van der Waals surface area contributed by atoms with Crippen LogP contribution in [0.5, 0.6) is 0 Å². The van der Waals surface area contributed by atoms with Crippen molar-refractivity contribution >= 4 is 5.91 Å². The van der Waals surface area contributed by atoms with Crippen molar-refractivity contribution in [1.82, 2.24) is 25.1 Å². The lowest BCUT2D eigenvalue weighted by Gasteiger charge is -2.35. The van der Waals surface area contributed by atoms with E-state index in [2.05, 4.69) is 20.4 Å². The molecule has 0 radical (unpaired) electrons. The molecule has 0 unspecified atom stereocenters. The normalized spacial score (nSPS) is 20.1. The minimum atomic E-state index is -0.132. The maximum absolute atomic E-state index is 12.0. The third kappa shape index (κ3) is 3.67. The predicted octanol–water partition coefficient (Wildman–Crippen LogP) is 1.04. The Kier molecular flexibility index (Phi) is 4.27. The van der Waals surface area contributed by atoms with Gasteiger partial charge in [0.2, 0.25) is 5.91 Å². The van der Waals surface area contributed by atoms with Gasteiger partial charge in [0.1, 0.15) is 0 Å². The number of nitrogens with zero attached hydrogens (tertiary/aromatic N) is 3. The van der Waals surface area contributed by atoms with Crippen LogP contribution in [-0.4, -0.2) is 31.7 Å². The van der Waals surface area contributed by atoms with Crippen molar-refractivity contribution in [3.63, 3.8) is 0 Å². The lowest BCUT2D eigenvalue weighted by Crippen LogP contribution is -2.44. The fourth-order valence-corrected chi connectivity index (χ4v) is 2.99. The summed E-state index contributed by atoms with van der Waals surface area (Å²) >= 11 is 0. The molecule has 23 heavy (non-hydrogen) atoms. The van der Waals surface area contributed by atoms with Crippen molar-refractivity contribution in [3.8, 4) is 0 Å². The quantitative estimate of drug-likeness (QED) is 0.862. The number of aromatic nitrogens is 4. The van der Waals surface area contributed by atoms with Gasteiger partial charge in [-0.15, -0.1) is 0 Å². The monoisotopic (exact) mass is 315 g/mol. The van der Waals surface area contributed by atoms with E-state index < -0.39 is 0 Å². The first-order valence-electron chi connectivity index (χ1n) is 7.86. The highest BCUT2D eigenvalue weighted by Gasteiger charge is 2.32. The van der Waals surface area contributed by atoms with Gasteiger partial charge < -0.3 is 10.3 Å². The third-order valence-corrected chi connectivity index (χ3v) is 4.27. The molecule has 0 spiro atoms. The van der Waals surface area contributed by atoms with Crippen LogP contribution < -0.4 is 10.9 Å². The molecule has 0 aliphatic heterocycles. The van der Waals surface area contributed by atoms with Crippen molar-refractivity contribution in [2.45, 2.75) is 51.6 Å². The first-order chi connectivity index (χ1) is 11.0. The van der Waals surface area contributed by atoms with E-state index in [-0.39, 0.29) is 23.4 Å². The van der Waals surface area contributed by atoms with Gasteiger partial charge in [-0.25, -0.2) is 4.98 Å². The number of rotatable bonds is 5. The van der Waals surface area contributed by atoms with E-state index in [0.29, 0.717) is 13.0 Å². The Hall–Kier alpha value is -2.44. The lowest BCUT2D eigenvalue weighted by atomic mass is 9.78. The first kappa shape index (κ1) is 15.5. The van der Waals surface area contributed by atoms with Crippen LogP contribution in [0.15, 0.2) is 23.3 Å². The zero-order valence-electron chi connectivity index (χ0n) is 13.4. The molecule has 0 atom stereocenters. The van der Waals surface area contributed by atoms with Crippen LogP contribution >= 0.6 is 0 Å². The summed E-state index contributed by atoms with van der Waals surface area (Å²) < 4.78 is 1.86. The van der Waals surface area contributed by atoms with E-state index in [9.17, 15) is 9.59 Å². The number of hydrogen-bond acceptors (Lipinski definition) is 4. The maximum atomic E-state index is 12.0. The van der Waals surface area contributed by atoms with Gasteiger partial charge in [0.25, 0.3) is 5.56 Å². The number of H-pyrrole nitrogens is 1. The summed E-state index contributed by atoms with van der Waals surface area (Å²) in [4.78, 5) is 30.0. The number of carbonyl (C=O) groups excluding carboxylic acids is 1. The number of carbonyl (C=O) groups is 1. The van der Waals surface area contributed by atoms with E-state index in [1.807, 2.05) is 24.6 Å². The molecule has 1 aliphatic carbocycles. The molecular weight excluding hydrogens is 294 g/mol. The van der Waals surface area contributed by atoms with E-state index >= 15 is 0 Å². The van der Waals surface area contributed by atoms with Crippen molar-refractivity contribution in [1.29, 1.82) is 0 Å². The standard InChI is InChI=1S/C16H21N5O2/c1-10-5-11(2)21(20-10)4-3-15(22)19-13-6-12(7-13)14-8-16(23)18-9-17-14/h5,8-9,12-13H,3-4,6-7H2,1-2H3,(H,19,22)(H,17,18,23). The van der Waals surface area contributed by atoms with Crippen LogP contribution in [0.2, 0.25) is 0 Å². The largest absolute Gasteiger partial charge is 0.353 e. The van der Waals surface area contributed by atoms with Gasteiger partial charge in [0.05, 0.1) is 17.7 Å². The van der Waals surface area contributed by atoms with Gasteiger partial charge in [-0.05, 0) is 32.8 Å². The van der Waals surface area contributed by atoms with Crippen LogP contribution in [0.25, 0.3) is 0 Å². The minimum Gasteiger partial charge on any atom is -0.353 e. The van der Waals surface area contributed by atoms with E-state index in [4.69, 9.17) is 0 Å². The Morgan fingerprint density at radius 3 is 2.83 bits per heavy atom. The number of aromatic amines is 1. The second-order valence-electron chi connectivity index (χ2n) is 6.17. The number of amides is 1. The SMILES string of the molecule is Cc1cc(C)n(CCC(=O)NC2CC(c3cc(=O)[nH]cn3)C2)n1. The van der Waals surface area contributed by atoms with Crippen molar-refractivity contribution < 1.29 is 4.79 Å². The number of hydrogen-bond donors (Lipinski definition) is 2. The molecule has 0 saturated heterocycles. The van der Waals surface area contributed by atoms with Crippen molar-refractivity contribution in [2.75, 3.05) is 0 Å². The van der Waals surface area contributed by atoms with Crippen LogP contribution in [0.4, 0.5) is 0 Å². The van der Waals surface area contributed by atoms with Gasteiger partial charge >= 0.3 is 0 Å². The van der Waals surface area contributed by atoms with Gasteiger partial charge in [-0.1, -0.05) is 0 Å². The fourth-order valence-electron chi connectivity index (χ4n) is 2.99. The Balaban J connectivity index is 1.44. The van der Waals surface area contributed by atoms with Crippen LogP contribution in [0.3, 0.4) is 0 Å². The molecule has 0 bridgehead atoms. The maximum Gasteiger partial charge on any atom is 0.250 e. The van der Waals surface area contributed by atoms with E-state index in [0.717, 1.165) is 29.9 Å². The summed E-state index contributed by atoms with van der Waals surface area (Å²) in [7, 11) is 0. The average Bonchev–Trinajstić information content (AvgIpc) is 2.78. The molecule has 7 nitrogen and oxygen atoms in total. The van der Waals surface area contributed by atoms with Gasteiger partial charge in [0.15, 0.2) is 0 Å². The molecule has 7 heteroatoms. The zero-order chi connectivity index (χ0) is 16.4. The zero-order valence-corrected chi connectivity index (χ0v) is 13.4. The fraction of sp³-hybridized carbons (Fsp3) is 0.500. The number of nitrogens with one attached hydrogen (secondary N) is 2. The van der Waals surface area contributed by atoms with Crippen LogP contribution in [0, 0.1) is 13.8 Å². The van der Waals surface area contributed by atoms with Gasteiger partial charge in [0, 0.05) is 36.7 Å². The Labute approximate surface area is 134 Å². The van der Waals surface area contributed by atoms with Crippen LogP contribution in [-0.2, 0) is 11.3 Å². The topological polar surface area (TPSA) is 92.7 Å². The molecule has 1 fully saturated rings. The summed E-state index contributed by atoms with van der Waals surface area (Å²) in [5.41, 5.74) is 2.71. The molecule has 122 valence electrons. The molecule has 2 aromatic heterocycles. The molecule has 2 aromatic rings. The van der Waals surface area contributed by atoms with E-state index in [1.54, 1.807) is 0 Å². The molecule has 2 N–H and O–H groups in total. The average molecular weight is 315 g/mol. The summed E-state index contributed by atoms with van der Waals surface area (Å²) in [5, 5.41) is 7.38. The molecule has 0 aromatic carbocycles. The van der Waals surface area contributed by atoms with Gasteiger partial charge in [-0.3, -0.25) is 14.3 Å². The van der Waals surface area contributed by atoms with Crippen molar-refractivity contribution in [2.24, 2.45) is 0 Å². The molecule has 1 amide bonds. The summed E-state index contributed by atoms with van der Waals surface area (Å²) in [6, 6.07) is 3.71. The Bertz CT molecular complexity index is 758. The second-order valence-corrected chi connectivity index (χ2v) is 6.17. The molecule has 3 rings (SSSR count). The summed E-state index contributed by atoms with van der Waals surface area (Å²) in [6.07, 6.45) is 3.52. The highest BCUT2D eigenvalue weighted by molar-refractivity contribution is 5.76. The van der Waals surface area contributed by atoms with Gasteiger partial charge in [-0.2, -0.15) is 5.10 Å². The first-order valence-corrected chi connectivity index (χ1v) is 7.86. The Morgan fingerprint density at radius 1 is 1.39 bits per heavy atom. The summed E-state index contributed by atoms with van der Waals surface area (Å²) in [5.74, 6) is 0.304. The minimum absolute atomic E-state index is 0.0415. The lowest BCUT2D eigenvalue weighted by molar-refractivity contribution is -0.122. The van der Waals surface area contributed by atoms with Crippen molar-refractivity contribution in [3.05, 3.63) is 45.9 Å². The van der Waals surface area contributed by atoms with E-state index in [1.165, 1.54) is 12.4 Å². The summed E-state index contributed by atoms with van der Waals surface area (Å²) in [6.45, 7) is 4.53. The molecule has 1 saturated carbocycles. The second kappa shape index (κ2) is 6.36. The molecule has 1 aliphatic rings. The molecular formula is C16H21N5O2. The third-order valence-electron chi connectivity index (χ3n) is 4.27. The molecule has 2 heterocycles. The highest BCUT2D eigenvalue weighted by atomic mass is 16.1. The highest BCUT2D eigenvalue weighted by Crippen LogP contribution is 2.35. The number of aryl methyl sites for hydroxylation is 3. The van der Waals surface area contributed by atoms with Crippen LogP contribution in [0.1, 0.15) is 42.3 Å². The smallest absolute Gasteiger partial charge is 0.250 e. The predicted molar refractivity (Wildman–Crippen MR) is 85.1 cm³/mol. The Morgan fingerprint density at radius 2 is 2.17 bits per heavy atom.